The molecule has 0 aromatic carbocycles. The second-order valence-electron chi connectivity index (χ2n) is 7.40. The van der Waals surface area contributed by atoms with Crippen LogP contribution in [0.2, 0.25) is 0 Å². The monoisotopic (exact) mass is 433 g/mol. The van der Waals surface area contributed by atoms with Crippen molar-refractivity contribution in [1.82, 2.24) is 9.55 Å². The Labute approximate surface area is 173 Å². The van der Waals surface area contributed by atoms with Gasteiger partial charge in [-0.1, -0.05) is 0 Å². The molecule has 1 aliphatic carbocycles. The topological polar surface area (TPSA) is 90.3 Å². The van der Waals surface area contributed by atoms with Crippen molar-refractivity contribution in [3.8, 4) is 17.0 Å². The van der Waals surface area contributed by atoms with Crippen LogP contribution in [0.1, 0.15) is 24.6 Å². The number of nitrogens with one attached hydrogen (secondary N) is 1. The lowest BCUT2D eigenvalue weighted by atomic mass is 10.0. The van der Waals surface area contributed by atoms with Crippen molar-refractivity contribution < 1.29 is 13.2 Å². The summed E-state index contributed by atoms with van der Waals surface area (Å²) in [6.07, 6.45) is 5.53. The van der Waals surface area contributed by atoms with E-state index in [-0.39, 0.29) is 11.3 Å². The number of anilines is 1. The Bertz CT molecular complexity index is 1240. The summed E-state index contributed by atoms with van der Waals surface area (Å²) in [5, 5.41) is 0.823. The van der Waals surface area contributed by atoms with Crippen LogP contribution in [0.25, 0.3) is 21.2 Å². The number of hydrogen-bond donors (Lipinski definition) is 1. The molecule has 1 fully saturated rings. The predicted octanol–water partition coefficient (Wildman–Crippen LogP) is 3.52. The van der Waals surface area contributed by atoms with Crippen molar-refractivity contribution >= 4 is 37.1 Å². The van der Waals surface area contributed by atoms with Crippen LogP contribution in [0, 0.1) is 12.8 Å². The lowest BCUT2D eigenvalue weighted by Gasteiger charge is -2.14. The highest BCUT2D eigenvalue weighted by molar-refractivity contribution is 7.92. The van der Waals surface area contributed by atoms with E-state index in [9.17, 15) is 13.2 Å². The number of sulfonamides is 1. The van der Waals surface area contributed by atoms with E-state index in [2.05, 4.69) is 9.71 Å². The number of fused-ring (bicyclic) bond motifs is 1. The van der Waals surface area contributed by atoms with Crippen molar-refractivity contribution in [1.29, 1.82) is 0 Å². The second kappa shape index (κ2) is 7.46. The van der Waals surface area contributed by atoms with Crippen LogP contribution >= 0.6 is 11.3 Å². The number of ether oxygens (including phenoxy) is 1. The normalized spacial score (nSPS) is 14.3. The fraction of sp³-hybridized carbons (Fsp3) is 0.400. The molecule has 0 saturated heterocycles. The number of aromatic nitrogens is 2. The third-order valence-corrected chi connectivity index (χ3v) is 7.28. The van der Waals surface area contributed by atoms with Gasteiger partial charge in [-0.15, -0.1) is 11.3 Å². The molecule has 1 aliphatic rings. The minimum Gasteiger partial charge on any atom is -0.477 e. The first-order chi connectivity index (χ1) is 13.8. The molecule has 154 valence electrons. The molecule has 3 aromatic heterocycles. The SMILES string of the molecule is CCS(=O)(=O)Nc1cnc(OCC2CC2)c(-c2cn(C)c(=O)c3sc(C)cc23)c1. The quantitative estimate of drug-likeness (QED) is 0.616. The van der Waals surface area contributed by atoms with Gasteiger partial charge in [0.25, 0.3) is 5.56 Å². The van der Waals surface area contributed by atoms with Crippen LogP contribution in [-0.2, 0) is 17.1 Å². The zero-order valence-electron chi connectivity index (χ0n) is 16.6. The number of nitrogens with zero attached hydrogens (tertiary/aromatic N) is 2. The highest BCUT2D eigenvalue weighted by Crippen LogP contribution is 2.38. The van der Waals surface area contributed by atoms with Gasteiger partial charge in [0.05, 0.1) is 24.2 Å². The smallest absolute Gasteiger partial charge is 0.268 e. The minimum atomic E-state index is -3.44. The van der Waals surface area contributed by atoms with E-state index in [0.29, 0.717) is 34.4 Å². The average molecular weight is 434 g/mol. The summed E-state index contributed by atoms with van der Waals surface area (Å²) in [4.78, 5) is 18.0. The molecule has 3 aromatic rings. The van der Waals surface area contributed by atoms with Crippen LogP contribution in [0.5, 0.6) is 5.88 Å². The zero-order chi connectivity index (χ0) is 20.8. The van der Waals surface area contributed by atoms with E-state index in [1.165, 1.54) is 17.5 Å². The molecule has 0 atom stereocenters. The first kappa shape index (κ1) is 19.9. The van der Waals surface area contributed by atoms with E-state index in [4.69, 9.17) is 4.74 Å². The van der Waals surface area contributed by atoms with Gasteiger partial charge >= 0.3 is 0 Å². The molecule has 0 bridgehead atoms. The molecule has 0 radical (unpaired) electrons. The van der Waals surface area contributed by atoms with Crippen molar-refractivity contribution in [2.24, 2.45) is 13.0 Å². The molecular weight excluding hydrogens is 410 g/mol. The van der Waals surface area contributed by atoms with E-state index >= 15 is 0 Å². The largest absolute Gasteiger partial charge is 0.477 e. The summed E-state index contributed by atoms with van der Waals surface area (Å²) in [5.41, 5.74) is 1.77. The summed E-state index contributed by atoms with van der Waals surface area (Å²) in [6.45, 7) is 4.12. The molecule has 29 heavy (non-hydrogen) atoms. The molecule has 0 amide bonds. The molecule has 4 rings (SSSR count). The van der Waals surface area contributed by atoms with E-state index < -0.39 is 10.0 Å². The van der Waals surface area contributed by atoms with Gasteiger partial charge in [0.2, 0.25) is 15.9 Å². The summed E-state index contributed by atoms with van der Waals surface area (Å²) in [7, 11) is -1.73. The molecule has 0 spiro atoms. The van der Waals surface area contributed by atoms with Gasteiger partial charge in [0.15, 0.2) is 0 Å². The van der Waals surface area contributed by atoms with Gasteiger partial charge in [-0.2, -0.15) is 0 Å². The van der Waals surface area contributed by atoms with Crippen LogP contribution in [-0.4, -0.2) is 30.3 Å². The summed E-state index contributed by atoms with van der Waals surface area (Å²) >= 11 is 1.45. The van der Waals surface area contributed by atoms with Crippen LogP contribution in [0.4, 0.5) is 5.69 Å². The first-order valence-electron chi connectivity index (χ1n) is 9.51. The second-order valence-corrected chi connectivity index (χ2v) is 10.7. The van der Waals surface area contributed by atoms with E-state index in [0.717, 1.165) is 28.7 Å². The lowest BCUT2D eigenvalue weighted by Crippen LogP contribution is -2.16. The Morgan fingerprint density at radius 3 is 2.76 bits per heavy atom. The van der Waals surface area contributed by atoms with Crippen molar-refractivity contribution in [2.45, 2.75) is 26.7 Å². The standard InChI is InChI=1S/C20H23N3O4S2/c1-4-29(25,26)22-14-8-16(19(21-9-14)27-11-13-5-6-13)17-10-23(3)20(24)18-15(17)7-12(2)28-18/h7-10,13,22H,4-6,11H2,1-3H3. The summed E-state index contributed by atoms with van der Waals surface area (Å²) < 4.78 is 34.8. The molecule has 7 nitrogen and oxygen atoms in total. The number of rotatable bonds is 7. The zero-order valence-corrected chi connectivity index (χ0v) is 18.2. The predicted molar refractivity (Wildman–Crippen MR) is 116 cm³/mol. The van der Waals surface area contributed by atoms with Gasteiger partial charge in [0.1, 0.15) is 4.70 Å². The average Bonchev–Trinajstić information content (AvgIpc) is 3.43. The van der Waals surface area contributed by atoms with Crippen LogP contribution in [0.3, 0.4) is 0 Å². The Hall–Kier alpha value is -2.39. The van der Waals surface area contributed by atoms with Gasteiger partial charge in [-0.3, -0.25) is 9.52 Å². The van der Waals surface area contributed by atoms with Crippen LogP contribution in [0.15, 0.2) is 29.3 Å². The van der Waals surface area contributed by atoms with Crippen molar-refractivity contribution in [3.63, 3.8) is 0 Å². The van der Waals surface area contributed by atoms with Gasteiger partial charge in [0, 0.05) is 34.6 Å². The third-order valence-electron chi connectivity index (χ3n) is 4.93. The highest BCUT2D eigenvalue weighted by Gasteiger charge is 2.24. The molecule has 3 heterocycles. The highest BCUT2D eigenvalue weighted by atomic mass is 32.2. The molecule has 1 N–H and O–H groups in total. The fourth-order valence-corrected chi connectivity index (χ4v) is 4.74. The van der Waals surface area contributed by atoms with Gasteiger partial charge in [-0.05, 0) is 44.7 Å². The molecular formula is C20H23N3O4S2. The first-order valence-corrected chi connectivity index (χ1v) is 12.0. The number of thiophene rings is 1. The summed E-state index contributed by atoms with van der Waals surface area (Å²) in [6, 6.07) is 3.71. The number of pyridine rings is 2. The fourth-order valence-electron chi connectivity index (χ4n) is 3.12. The Balaban J connectivity index is 1.88. The number of aryl methyl sites for hydroxylation is 2. The summed E-state index contributed by atoms with van der Waals surface area (Å²) in [5.74, 6) is 0.961. The third kappa shape index (κ3) is 4.16. The molecule has 0 unspecified atom stereocenters. The van der Waals surface area contributed by atoms with Gasteiger partial charge < -0.3 is 9.30 Å². The molecule has 1 saturated carbocycles. The molecule has 9 heteroatoms. The maximum Gasteiger partial charge on any atom is 0.268 e. The van der Waals surface area contributed by atoms with Crippen molar-refractivity contribution in [2.75, 3.05) is 17.1 Å². The van der Waals surface area contributed by atoms with Crippen LogP contribution < -0.4 is 15.0 Å². The Morgan fingerprint density at radius 1 is 1.31 bits per heavy atom. The molecule has 0 aliphatic heterocycles. The maximum atomic E-state index is 12.6. The van der Waals surface area contributed by atoms with Gasteiger partial charge in [-0.25, -0.2) is 13.4 Å². The maximum absolute atomic E-state index is 12.6. The van der Waals surface area contributed by atoms with E-state index in [1.807, 2.05) is 13.0 Å². The number of hydrogen-bond acceptors (Lipinski definition) is 6. The van der Waals surface area contributed by atoms with Crippen molar-refractivity contribution in [3.05, 3.63) is 39.8 Å². The lowest BCUT2D eigenvalue weighted by molar-refractivity contribution is 0.290. The van der Waals surface area contributed by atoms with E-state index in [1.54, 1.807) is 30.8 Å². The Morgan fingerprint density at radius 2 is 2.07 bits per heavy atom. The Kier molecular flexibility index (Phi) is 5.12. The minimum absolute atomic E-state index is 0.0317.